The van der Waals surface area contributed by atoms with E-state index in [0.29, 0.717) is 16.5 Å². The average molecular weight is 312 g/mol. The van der Waals surface area contributed by atoms with E-state index in [9.17, 15) is 0 Å². The first-order valence-corrected chi connectivity index (χ1v) is 7.54. The summed E-state index contributed by atoms with van der Waals surface area (Å²) >= 11 is 8.03. The van der Waals surface area contributed by atoms with Crippen LogP contribution in [0.2, 0.25) is 5.02 Å². The molecule has 1 heterocycles. The van der Waals surface area contributed by atoms with Gasteiger partial charge in [0.05, 0.1) is 31.0 Å². The van der Waals surface area contributed by atoms with Gasteiger partial charge in [0.1, 0.15) is 0 Å². The molecule has 3 nitrogen and oxygen atoms in total. The Hall–Kier alpha value is -1.39. The fraction of sp³-hybridized carbons (Fsp3) is 0.333. The van der Waals surface area contributed by atoms with E-state index < -0.39 is 0 Å². The number of thiophene rings is 1. The van der Waals surface area contributed by atoms with E-state index in [0.717, 1.165) is 5.69 Å². The number of rotatable bonds is 5. The Morgan fingerprint density at radius 2 is 1.85 bits per heavy atom. The highest BCUT2D eigenvalue weighted by molar-refractivity contribution is 7.10. The third-order valence-corrected chi connectivity index (χ3v) is 4.65. The van der Waals surface area contributed by atoms with Crippen LogP contribution in [0.4, 0.5) is 5.69 Å². The molecule has 2 aromatic rings. The van der Waals surface area contributed by atoms with Crippen molar-refractivity contribution in [2.24, 2.45) is 0 Å². The number of ether oxygens (including phenoxy) is 2. The second-order valence-electron chi connectivity index (χ2n) is 4.52. The molecule has 1 atom stereocenters. The summed E-state index contributed by atoms with van der Waals surface area (Å²) in [5, 5.41) is 6.13. The lowest BCUT2D eigenvalue weighted by atomic mass is 10.1. The number of halogens is 1. The highest BCUT2D eigenvalue weighted by Gasteiger charge is 2.14. The van der Waals surface area contributed by atoms with Crippen molar-refractivity contribution in [3.05, 3.63) is 39.0 Å². The maximum Gasteiger partial charge on any atom is 0.162 e. The molecule has 1 N–H and O–H groups in total. The summed E-state index contributed by atoms with van der Waals surface area (Å²) in [4.78, 5) is 1.30. The number of hydrogen-bond donors (Lipinski definition) is 1. The molecule has 0 fully saturated rings. The minimum absolute atomic E-state index is 0.186. The molecule has 0 spiro atoms. The van der Waals surface area contributed by atoms with Crippen molar-refractivity contribution >= 4 is 28.6 Å². The average Bonchev–Trinajstić information content (AvgIpc) is 2.86. The quantitative estimate of drug-likeness (QED) is 0.852. The maximum atomic E-state index is 6.29. The predicted molar refractivity (Wildman–Crippen MR) is 85.6 cm³/mol. The molecule has 0 amide bonds. The van der Waals surface area contributed by atoms with Crippen LogP contribution < -0.4 is 14.8 Å². The minimum atomic E-state index is 0.186. The molecule has 0 saturated carbocycles. The van der Waals surface area contributed by atoms with Crippen molar-refractivity contribution in [3.8, 4) is 11.5 Å². The molecule has 108 valence electrons. The summed E-state index contributed by atoms with van der Waals surface area (Å²) in [6, 6.07) is 5.93. The highest BCUT2D eigenvalue weighted by atomic mass is 35.5. The molecule has 0 radical (unpaired) electrons. The molecule has 5 heteroatoms. The van der Waals surface area contributed by atoms with E-state index in [1.54, 1.807) is 31.6 Å². The fourth-order valence-electron chi connectivity index (χ4n) is 2.09. The lowest BCUT2D eigenvalue weighted by molar-refractivity contribution is 0.355. The molecule has 0 bridgehead atoms. The standard InChI is InChI=1S/C15H18ClNO2S/c1-9-5-6-20-15(9)10(2)17-12-8-14(19-4)13(18-3)7-11(12)16/h5-8,10,17H,1-4H3. The highest BCUT2D eigenvalue weighted by Crippen LogP contribution is 2.38. The molecule has 1 aromatic carbocycles. The Balaban J connectivity index is 2.27. The molecule has 1 aromatic heterocycles. The van der Waals surface area contributed by atoms with Gasteiger partial charge in [-0.15, -0.1) is 11.3 Å². The van der Waals surface area contributed by atoms with Crippen molar-refractivity contribution in [1.29, 1.82) is 0 Å². The molecule has 2 rings (SSSR count). The third-order valence-electron chi connectivity index (χ3n) is 3.14. The molecule has 0 aliphatic rings. The smallest absolute Gasteiger partial charge is 0.162 e. The number of aryl methyl sites for hydroxylation is 1. The summed E-state index contributed by atoms with van der Waals surface area (Å²) in [5.74, 6) is 1.29. The predicted octanol–water partition coefficient (Wildman–Crippen LogP) is 4.90. The number of nitrogens with one attached hydrogen (secondary N) is 1. The van der Waals surface area contributed by atoms with Gasteiger partial charge < -0.3 is 14.8 Å². The normalized spacial score (nSPS) is 12.1. The van der Waals surface area contributed by atoms with Gasteiger partial charge >= 0.3 is 0 Å². The Morgan fingerprint density at radius 3 is 2.40 bits per heavy atom. The van der Waals surface area contributed by atoms with Crippen LogP contribution in [0.3, 0.4) is 0 Å². The summed E-state index contributed by atoms with van der Waals surface area (Å²) in [6.07, 6.45) is 0. The maximum absolute atomic E-state index is 6.29. The molecular weight excluding hydrogens is 294 g/mol. The van der Waals surface area contributed by atoms with Gasteiger partial charge in [-0.2, -0.15) is 0 Å². The molecule has 0 aliphatic carbocycles. The number of hydrogen-bond acceptors (Lipinski definition) is 4. The minimum Gasteiger partial charge on any atom is -0.493 e. The van der Waals surface area contributed by atoms with Crippen LogP contribution >= 0.6 is 22.9 Å². The largest absolute Gasteiger partial charge is 0.493 e. The summed E-state index contributed by atoms with van der Waals surface area (Å²) in [7, 11) is 3.21. The Labute approximate surface area is 128 Å². The van der Waals surface area contributed by atoms with Gasteiger partial charge in [-0.1, -0.05) is 11.6 Å². The molecule has 0 saturated heterocycles. The molecule has 0 aliphatic heterocycles. The zero-order valence-electron chi connectivity index (χ0n) is 12.0. The first kappa shape index (κ1) is 15.0. The van der Waals surface area contributed by atoms with Crippen LogP contribution in [0.5, 0.6) is 11.5 Å². The fourth-order valence-corrected chi connectivity index (χ4v) is 3.24. The zero-order chi connectivity index (χ0) is 14.7. The van der Waals surface area contributed by atoms with Crippen molar-refractivity contribution in [2.45, 2.75) is 19.9 Å². The van der Waals surface area contributed by atoms with Crippen molar-refractivity contribution < 1.29 is 9.47 Å². The van der Waals surface area contributed by atoms with E-state index in [1.165, 1.54) is 10.4 Å². The van der Waals surface area contributed by atoms with Gasteiger partial charge in [0.2, 0.25) is 0 Å². The van der Waals surface area contributed by atoms with Crippen LogP contribution in [0.15, 0.2) is 23.6 Å². The van der Waals surface area contributed by atoms with Gasteiger partial charge in [-0.3, -0.25) is 0 Å². The SMILES string of the molecule is COc1cc(Cl)c(NC(C)c2sccc2C)cc1OC. The Bertz CT molecular complexity index is 598. The first-order valence-electron chi connectivity index (χ1n) is 6.28. The van der Waals surface area contributed by atoms with Gasteiger partial charge in [0.15, 0.2) is 11.5 Å². The van der Waals surface area contributed by atoms with E-state index >= 15 is 0 Å². The van der Waals surface area contributed by atoms with Crippen LogP contribution in [-0.2, 0) is 0 Å². The number of anilines is 1. The lowest BCUT2D eigenvalue weighted by Gasteiger charge is -2.18. The first-order chi connectivity index (χ1) is 9.56. The topological polar surface area (TPSA) is 30.5 Å². The second kappa shape index (κ2) is 6.37. The van der Waals surface area contributed by atoms with Crippen LogP contribution in [0.25, 0.3) is 0 Å². The van der Waals surface area contributed by atoms with Gasteiger partial charge in [0.25, 0.3) is 0 Å². The second-order valence-corrected chi connectivity index (χ2v) is 5.88. The molecule has 20 heavy (non-hydrogen) atoms. The Morgan fingerprint density at radius 1 is 1.20 bits per heavy atom. The van der Waals surface area contributed by atoms with Gasteiger partial charge in [0, 0.05) is 17.0 Å². The van der Waals surface area contributed by atoms with Gasteiger partial charge in [-0.05, 0) is 30.9 Å². The van der Waals surface area contributed by atoms with Crippen molar-refractivity contribution in [2.75, 3.05) is 19.5 Å². The molecular formula is C15H18ClNO2S. The monoisotopic (exact) mass is 311 g/mol. The zero-order valence-corrected chi connectivity index (χ0v) is 13.6. The van der Waals surface area contributed by atoms with E-state index in [-0.39, 0.29) is 6.04 Å². The summed E-state index contributed by atoms with van der Waals surface area (Å²) < 4.78 is 10.5. The summed E-state index contributed by atoms with van der Waals surface area (Å²) in [5.41, 5.74) is 2.12. The lowest BCUT2D eigenvalue weighted by Crippen LogP contribution is -2.07. The summed E-state index contributed by atoms with van der Waals surface area (Å²) in [6.45, 7) is 4.23. The van der Waals surface area contributed by atoms with Crippen molar-refractivity contribution in [3.63, 3.8) is 0 Å². The van der Waals surface area contributed by atoms with E-state index in [2.05, 4.69) is 30.6 Å². The third kappa shape index (κ3) is 3.02. The van der Waals surface area contributed by atoms with E-state index in [1.807, 2.05) is 6.07 Å². The van der Waals surface area contributed by atoms with Crippen LogP contribution in [0, 0.1) is 6.92 Å². The molecule has 1 unspecified atom stereocenters. The Kier molecular flexibility index (Phi) is 4.78. The number of methoxy groups -OCH3 is 2. The number of benzene rings is 1. The van der Waals surface area contributed by atoms with Gasteiger partial charge in [-0.25, -0.2) is 0 Å². The van der Waals surface area contributed by atoms with Crippen LogP contribution in [0.1, 0.15) is 23.4 Å². The van der Waals surface area contributed by atoms with E-state index in [4.69, 9.17) is 21.1 Å². The van der Waals surface area contributed by atoms with Crippen molar-refractivity contribution in [1.82, 2.24) is 0 Å². The van der Waals surface area contributed by atoms with Crippen LogP contribution in [-0.4, -0.2) is 14.2 Å².